The summed E-state index contributed by atoms with van der Waals surface area (Å²) in [6.45, 7) is 6.12. The number of aromatic nitrogens is 2. The van der Waals surface area contributed by atoms with Crippen LogP contribution in [0.25, 0.3) is 10.9 Å². The lowest BCUT2D eigenvalue weighted by molar-refractivity contribution is 0.477. The predicted octanol–water partition coefficient (Wildman–Crippen LogP) is 4.51. The van der Waals surface area contributed by atoms with Gasteiger partial charge in [0.25, 0.3) is 0 Å². The van der Waals surface area contributed by atoms with Crippen LogP contribution in [-0.4, -0.2) is 15.1 Å². The van der Waals surface area contributed by atoms with Crippen LogP contribution in [0.15, 0.2) is 42.5 Å². The maximum absolute atomic E-state index is 10.0. The average Bonchev–Trinajstić information content (AvgIpc) is 2.50. The number of nitrogens with one attached hydrogen (secondary N) is 1. The van der Waals surface area contributed by atoms with Crippen molar-refractivity contribution >= 4 is 22.4 Å². The SMILES string of the molecule is Cc1ccc(O)c(Nc2nc(C(C)C)nc3ccccc23)c1. The fourth-order valence-corrected chi connectivity index (χ4v) is 2.33. The fourth-order valence-electron chi connectivity index (χ4n) is 2.33. The Morgan fingerprint density at radius 2 is 1.82 bits per heavy atom. The summed E-state index contributed by atoms with van der Waals surface area (Å²) in [6, 6.07) is 13.3. The standard InChI is InChI=1S/C18H19N3O/c1-11(2)17-19-14-7-5-4-6-13(14)18(21-17)20-15-10-12(3)8-9-16(15)22/h4-11,22H,1-3H3,(H,19,20,21). The Morgan fingerprint density at radius 1 is 1.05 bits per heavy atom. The van der Waals surface area contributed by atoms with E-state index in [1.165, 1.54) is 0 Å². The van der Waals surface area contributed by atoms with Gasteiger partial charge in [0.1, 0.15) is 17.4 Å². The van der Waals surface area contributed by atoms with Crippen molar-refractivity contribution in [2.24, 2.45) is 0 Å². The Morgan fingerprint density at radius 3 is 2.59 bits per heavy atom. The number of hydrogen-bond donors (Lipinski definition) is 2. The van der Waals surface area contributed by atoms with Gasteiger partial charge in [-0.3, -0.25) is 0 Å². The predicted molar refractivity (Wildman–Crippen MR) is 89.8 cm³/mol. The number of aromatic hydroxyl groups is 1. The van der Waals surface area contributed by atoms with Gasteiger partial charge in [0.2, 0.25) is 0 Å². The Balaban J connectivity index is 2.14. The van der Waals surface area contributed by atoms with Crippen LogP contribution in [0.1, 0.15) is 31.2 Å². The second-order valence-electron chi connectivity index (χ2n) is 5.75. The average molecular weight is 293 g/mol. The Kier molecular flexibility index (Phi) is 3.67. The number of aryl methyl sites for hydroxylation is 1. The van der Waals surface area contributed by atoms with Gasteiger partial charge in [0.05, 0.1) is 11.2 Å². The third kappa shape index (κ3) is 2.72. The molecule has 1 heterocycles. The van der Waals surface area contributed by atoms with Crippen LogP contribution in [0, 0.1) is 6.92 Å². The van der Waals surface area contributed by atoms with E-state index >= 15 is 0 Å². The molecule has 0 amide bonds. The summed E-state index contributed by atoms with van der Waals surface area (Å²) in [6.07, 6.45) is 0. The van der Waals surface area contributed by atoms with Crippen molar-refractivity contribution in [2.45, 2.75) is 26.7 Å². The number of anilines is 2. The van der Waals surface area contributed by atoms with Crippen molar-refractivity contribution in [1.29, 1.82) is 0 Å². The molecular weight excluding hydrogens is 274 g/mol. The van der Waals surface area contributed by atoms with Crippen LogP contribution >= 0.6 is 0 Å². The molecular formula is C18H19N3O. The highest BCUT2D eigenvalue weighted by Gasteiger charge is 2.11. The Hall–Kier alpha value is -2.62. The molecule has 3 rings (SSSR count). The van der Waals surface area contributed by atoms with Gasteiger partial charge in [0.15, 0.2) is 0 Å². The van der Waals surface area contributed by atoms with Crippen molar-refractivity contribution < 1.29 is 5.11 Å². The first kappa shape index (κ1) is 14.3. The topological polar surface area (TPSA) is 58.0 Å². The summed E-state index contributed by atoms with van der Waals surface area (Å²) < 4.78 is 0. The minimum Gasteiger partial charge on any atom is -0.506 e. The maximum atomic E-state index is 10.0. The van der Waals surface area contributed by atoms with Gasteiger partial charge < -0.3 is 10.4 Å². The third-order valence-electron chi connectivity index (χ3n) is 3.54. The molecule has 2 aromatic carbocycles. The zero-order valence-electron chi connectivity index (χ0n) is 13.0. The van der Waals surface area contributed by atoms with Crippen LogP contribution in [0.5, 0.6) is 5.75 Å². The third-order valence-corrected chi connectivity index (χ3v) is 3.54. The van der Waals surface area contributed by atoms with Gasteiger partial charge >= 0.3 is 0 Å². The molecule has 0 aliphatic carbocycles. The van der Waals surface area contributed by atoms with E-state index in [9.17, 15) is 5.11 Å². The first-order chi connectivity index (χ1) is 10.5. The smallest absolute Gasteiger partial charge is 0.142 e. The molecule has 0 fully saturated rings. The fraction of sp³-hybridized carbons (Fsp3) is 0.222. The lowest BCUT2D eigenvalue weighted by Gasteiger charge is -2.13. The van der Waals surface area contributed by atoms with E-state index in [-0.39, 0.29) is 11.7 Å². The van der Waals surface area contributed by atoms with Crippen LogP contribution in [0.4, 0.5) is 11.5 Å². The second-order valence-corrected chi connectivity index (χ2v) is 5.75. The highest BCUT2D eigenvalue weighted by molar-refractivity contribution is 5.91. The van der Waals surface area contributed by atoms with E-state index in [2.05, 4.69) is 29.1 Å². The summed E-state index contributed by atoms with van der Waals surface area (Å²) in [4.78, 5) is 9.24. The molecule has 0 unspecified atom stereocenters. The zero-order valence-corrected chi connectivity index (χ0v) is 13.0. The summed E-state index contributed by atoms with van der Waals surface area (Å²) in [7, 11) is 0. The highest BCUT2D eigenvalue weighted by Crippen LogP contribution is 2.30. The number of benzene rings is 2. The van der Waals surface area contributed by atoms with Gasteiger partial charge in [-0.05, 0) is 36.8 Å². The molecule has 112 valence electrons. The molecule has 4 heteroatoms. The van der Waals surface area contributed by atoms with Crippen molar-refractivity contribution in [1.82, 2.24) is 9.97 Å². The first-order valence-corrected chi connectivity index (χ1v) is 7.38. The van der Waals surface area contributed by atoms with E-state index in [4.69, 9.17) is 0 Å². The van der Waals surface area contributed by atoms with Crippen LogP contribution < -0.4 is 5.32 Å². The number of fused-ring (bicyclic) bond motifs is 1. The Bertz CT molecular complexity index is 828. The normalized spacial score (nSPS) is 11.1. The van der Waals surface area contributed by atoms with E-state index in [1.54, 1.807) is 6.07 Å². The molecule has 0 saturated heterocycles. The van der Waals surface area contributed by atoms with Gasteiger partial charge in [-0.15, -0.1) is 0 Å². The molecule has 4 nitrogen and oxygen atoms in total. The Labute approximate surface area is 129 Å². The molecule has 3 aromatic rings. The van der Waals surface area contributed by atoms with Crippen LogP contribution in [0.2, 0.25) is 0 Å². The van der Waals surface area contributed by atoms with E-state index < -0.39 is 0 Å². The molecule has 0 radical (unpaired) electrons. The number of rotatable bonds is 3. The largest absolute Gasteiger partial charge is 0.506 e. The molecule has 0 aliphatic heterocycles. The van der Waals surface area contributed by atoms with E-state index in [0.29, 0.717) is 5.69 Å². The van der Waals surface area contributed by atoms with Crippen molar-refractivity contribution in [2.75, 3.05) is 5.32 Å². The molecule has 0 saturated carbocycles. The second kappa shape index (κ2) is 5.64. The molecule has 0 spiro atoms. The highest BCUT2D eigenvalue weighted by atomic mass is 16.3. The first-order valence-electron chi connectivity index (χ1n) is 7.38. The molecule has 0 atom stereocenters. The summed E-state index contributed by atoms with van der Waals surface area (Å²) in [5.41, 5.74) is 2.62. The number of para-hydroxylation sites is 1. The summed E-state index contributed by atoms with van der Waals surface area (Å²) >= 11 is 0. The lowest BCUT2D eigenvalue weighted by Crippen LogP contribution is -2.03. The molecule has 0 bridgehead atoms. The van der Waals surface area contributed by atoms with Crippen molar-refractivity contribution in [3.05, 3.63) is 53.9 Å². The number of hydrogen-bond acceptors (Lipinski definition) is 4. The zero-order chi connectivity index (χ0) is 15.7. The monoisotopic (exact) mass is 293 g/mol. The van der Waals surface area contributed by atoms with Gasteiger partial charge in [-0.25, -0.2) is 9.97 Å². The number of phenols is 1. The minimum absolute atomic E-state index is 0.208. The minimum atomic E-state index is 0.208. The van der Waals surface area contributed by atoms with Crippen LogP contribution in [0.3, 0.4) is 0 Å². The van der Waals surface area contributed by atoms with Gasteiger partial charge in [0, 0.05) is 11.3 Å². The number of nitrogens with zero attached hydrogens (tertiary/aromatic N) is 2. The maximum Gasteiger partial charge on any atom is 0.142 e. The molecule has 22 heavy (non-hydrogen) atoms. The molecule has 2 N–H and O–H groups in total. The van der Waals surface area contributed by atoms with Gasteiger partial charge in [-0.2, -0.15) is 0 Å². The summed E-state index contributed by atoms with van der Waals surface area (Å²) in [5.74, 6) is 1.94. The lowest BCUT2D eigenvalue weighted by atomic mass is 10.1. The summed E-state index contributed by atoms with van der Waals surface area (Å²) in [5, 5.41) is 14.2. The van der Waals surface area contributed by atoms with Gasteiger partial charge in [-0.1, -0.05) is 32.0 Å². The van der Waals surface area contributed by atoms with E-state index in [0.717, 1.165) is 28.1 Å². The quantitative estimate of drug-likeness (QED) is 0.697. The van der Waals surface area contributed by atoms with Crippen molar-refractivity contribution in [3.63, 3.8) is 0 Å². The van der Waals surface area contributed by atoms with Crippen LogP contribution in [-0.2, 0) is 0 Å². The molecule has 0 aliphatic rings. The molecule has 1 aromatic heterocycles. The number of phenolic OH excluding ortho intramolecular Hbond substituents is 1. The van der Waals surface area contributed by atoms with Crippen molar-refractivity contribution in [3.8, 4) is 5.75 Å². The van der Waals surface area contributed by atoms with E-state index in [1.807, 2.05) is 43.3 Å².